The summed E-state index contributed by atoms with van der Waals surface area (Å²) in [5, 5.41) is 12.3. The van der Waals surface area contributed by atoms with Crippen LogP contribution < -0.4 is 5.43 Å². The number of benzene rings is 1. The topological polar surface area (TPSA) is 61.7 Å². The van der Waals surface area contributed by atoms with E-state index in [0.29, 0.717) is 0 Å². The van der Waals surface area contributed by atoms with E-state index >= 15 is 0 Å². The maximum atomic E-state index is 10.4. The molecule has 1 aromatic carbocycles. The third-order valence-electron chi connectivity index (χ3n) is 1.80. The summed E-state index contributed by atoms with van der Waals surface area (Å²) < 4.78 is 0. The van der Waals surface area contributed by atoms with Crippen molar-refractivity contribution < 1.29 is 9.90 Å². The molecule has 0 aliphatic heterocycles. The fourth-order valence-corrected chi connectivity index (χ4v) is 0.890. The lowest BCUT2D eigenvalue weighted by Gasteiger charge is -2.03. The third-order valence-corrected chi connectivity index (χ3v) is 1.80. The second-order valence-electron chi connectivity index (χ2n) is 2.93. The summed E-state index contributed by atoms with van der Waals surface area (Å²) in [6, 6.07) is 7.54. The van der Waals surface area contributed by atoms with Crippen molar-refractivity contribution in [3.05, 3.63) is 29.8 Å². The Morgan fingerprint density at radius 1 is 1.43 bits per heavy atom. The average Bonchev–Trinajstić information content (AvgIpc) is 2.16. The lowest BCUT2D eigenvalue weighted by molar-refractivity contribution is -0.129. The van der Waals surface area contributed by atoms with E-state index in [0.717, 1.165) is 11.3 Å². The van der Waals surface area contributed by atoms with Crippen LogP contribution in [0.1, 0.15) is 12.5 Å². The van der Waals surface area contributed by atoms with Crippen LogP contribution in [0.4, 0.5) is 5.69 Å². The van der Waals surface area contributed by atoms with Gasteiger partial charge in [-0.25, -0.2) is 4.79 Å². The number of aliphatic carboxylic acids is 1. The molecule has 4 nitrogen and oxygen atoms in total. The van der Waals surface area contributed by atoms with Crippen LogP contribution in [0.5, 0.6) is 0 Å². The lowest BCUT2D eigenvalue weighted by atomic mass is 10.2. The van der Waals surface area contributed by atoms with E-state index in [4.69, 9.17) is 5.11 Å². The summed E-state index contributed by atoms with van der Waals surface area (Å²) >= 11 is 0. The number of anilines is 1. The third kappa shape index (κ3) is 2.58. The fourth-order valence-electron chi connectivity index (χ4n) is 0.890. The summed E-state index contributed by atoms with van der Waals surface area (Å²) in [6.07, 6.45) is 0. The molecule has 0 spiro atoms. The zero-order valence-corrected chi connectivity index (χ0v) is 8.11. The maximum Gasteiger partial charge on any atom is 0.351 e. The zero-order chi connectivity index (χ0) is 10.6. The van der Waals surface area contributed by atoms with Gasteiger partial charge >= 0.3 is 5.97 Å². The fraction of sp³-hybridized carbons (Fsp3) is 0.200. The Morgan fingerprint density at radius 2 is 2.07 bits per heavy atom. The van der Waals surface area contributed by atoms with E-state index in [1.165, 1.54) is 6.92 Å². The van der Waals surface area contributed by atoms with Gasteiger partial charge in [-0.1, -0.05) is 18.2 Å². The number of nitrogens with one attached hydrogen (secondary N) is 1. The van der Waals surface area contributed by atoms with Crippen molar-refractivity contribution in [3.63, 3.8) is 0 Å². The molecule has 1 rings (SSSR count). The zero-order valence-electron chi connectivity index (χ0n) is 8.11. The van der Waals surface area contributed by atoms with Gasteiger partial charge in [-0.3, -0.25) is 5.43 Å². The highest BCUT2D eigenvalue weighted by Crippen LogP contribution is 2.12. The first-order chi connectivity index (χ1) is 6.61. The smallest absolute Gasteiger partial charge is 0.351 e. The van der Waals surface area contributed by atoms with Gasteiger partial charge in [0.2, 0.25) is 0 Å². The molecule has 0 saturated carbocycles. The minimum atomic E-state index is -1.02. The highest BCUT2D eigenvalue weighted by atomic mass is 16.4. The van der Waals surface area contributed by atoms with E-state index in [9.17, 15) is 4.79 Å². The first-order valence-electron chi connectivity index (χ1n) is 4.20. The first-order valence-corrected chi connectivity index (χ1v) is 4.20. The molecule has 0 aromatic heterocycles. The number of hydrazone groups is 1. The number of nitrogens with zero attached hydrogens (tertiary/aromatic N) is 1. The molecule has 1 aromatic rings. The second-order valence-corrected chi connectivity index (χ2v) is 2.93. The van der Waals surface area contributed by atoms with Crippen LogP contribution in [-0.2, 0) is 4.79 Å². The van der Waals surface area contributed by atoms with Crippen molar-refractivity contribution in [2.75, 3.05) is 5.43 Å². The van der Waals surface area contributed by atoms with Crippen LogP contribution in [0, 0.1) is 6.92 Å². The van der Waals surface area contributed by atoms with Crippen LogP contribution in [-0.4, -0.2) is 16.8 Å². The molecule has 0 radical (unpaired) electrons. The Hall–Kier alpha value is -1.84. The number of aryl methyl sites for hydroxylation is 1. The molecule has 14 heavy (non-hydrogen) atoms. The van der Waals surface area contributed by atoms with E-state index in [1.807, 2.05) is 31.2 Å². The first kappa shape index (κ1) is 10.2. The van der Waals surface area contributed by atoms with Gasteiger partial charge in [0.15, 0.2) is 0 Å². The Morgan fingerprint density at radius 3 is 2.64 bits per heavy atom. The number of carboxylic acid groups (broad SMARTS) is 1. The van der Waals surface area contributed by atoms with Crippen LogP contribution >= 0.6 is 0 Å². The van der Waals surface area contributed by atoms with E-state index < -0.39 is 5.97 Å². The molecule has 0 aliphatic rings. The van der Waals surface area contributed by atoms with Crippen molar-refractivity contribution in [3.8, 4) is 0 Å². The number of hydrogen-bond acceptors (Lipinski definition) is 3. The molecule has 4 heteroatoms. The normalized spacial score (nSPS) is 11.1. The molecule has 0 aliphatic carbocycles. The van der Waals surface area contributed by atoms with Crippen molar-refractivity contribution in [2.24, 2.45) is 5.10 Å². The molecule has 0 unspecified atom stereocenters. The van der Waals surface area contributed by atoms with Gasteiger partial charge in [-0.2, -0.15) is 5.10 Å². The molecule has 74 valence electrons. The molecule has 0 saturated heterocycles. The van der Waals surface area contributed by atoms with Gasteiger partial charge in [0, 0.05) is 0 Å². The quantitative estimate of drug-likeness (QED) is 0.567. The minimum Gasteiger partial charge on any atom is -0.477 e. The van der Waals surface area contributed by atoms with E-state index in [-0.39, 0.29) is 5.71 Å². The summed E-state index contributed by atoms with van der Waals surface area (Å²) in [4.78, 5) is 10.4. The molecule has 2 N–H and O–H groups in total. The van der Waals surface area contributed by atoms with Crippen molar-refractivity contribution >= 4 is 17.4 Å². The predicted octanol–water partition coefficient (Wildman–Crippen LogP) is 1.87. The SMILES string of the molecule is C/C(=N/Nc1ccccc1C)C(=O)O. The van der Waals surface area contributed by atoms with Crippen LogP contribution in [0.3, 0.4) is 0 Å². The monoisotopic (exact) mass is 192 g/mol. The minimum absolute atomic E-state index is 0.0354. The van der Waals surface area contributed by atoms with Crippen molar-refractivity contribution in [1.29, 1.82) is 0 Å². The van der Waals surface area contributed by atoms with Gasteiger partial charge in [0.25, 0.3) is 0 Å². The molecule has 0 amide bonds. The van der Waals surface area contributed by atoms with Gasteiger partial charge in [-0.15, -0.1) is 0 Å². The lowest BCUT2D eigenvalue weighted by Crippen LogP contribution is -2.10. The summed E-state index contributed by atoms with van der Waals surface area (Å²) in [5.41, 5.74) is 4.57. The average molecular weight is 192 g/mol. The van der Waals surface area contributed by atoms with E-state index in [2.05, 4.69) is 10.5 Å². The molecule has 0 fully saturated rings. The molecule has 0 atom stereocenters. The highest BCUT2D eigenvalue weighted by Gasteiger charge is 2.01. The molecular weight excluding hydrogens is 180 g/mol. The summed E-state index contributed by atoms with van der Waals surface area (Å²) in [6.45, 7) is 3.36. The van der Waals surface area contributed by atoms with Crippen LogP contribution in [0.15, 0.2) is 29.4 Å². The van der Waals surface area contributed by atoms with E-state index in [1.54, 1.807) is 0 Å². The molecular formula is C10H12N2O2. The van der Waals surface area contributed by atoms with Gasteiger partial charge in [0.1, 0.15) is 5.71 Å². The Kier molecular flexibility index (Phi) is 3.23. The predicted molar refractivity (Wildman–Crippen MR) is 55.5 cm³/mol. The van der Waals surface area contributed by atoms with Crippen LogP contribution in [0.25, 0.3) is 0 Å². The number of para-hydroxylation sites is 1. The van der Waals surface area contributed by atoms with Gasteiger partial charge in [-0.05, 0) is 25.5 Å². The Labute approximate surface area is 82.3 Å². The Bertz CT molecular complexity index is 372. The maximum absolute atomic E-state index is 10.4. The highest BCUT2D eigenvalue weighted by molar-refractivity contribution is 6.34. The standard InChI is InChI=1S/C10H12N2O2/c1-7-5-3-4-6-9(7)12-11-8(2)10(13)14/h3-6,12H,1-2H3,(H,13,14)/b11-8-. The van der Waals surface area contributed by atoms with Gasteiger partial charge in [0.05, 0.1) is 5.69 Å². The second kappa shape index (κ2) is 4.41. The van der Waals surface area contributed by atoms with Gasteiger partial charge < -0.3 is 5.11 Å². The number of rotatable bonds is 3. The number of hydrogen-bond donors (Lipinski definition) is 2. The Balaban J connectivity index is 2.76. The van der Waals surface area contributed by atoms with Crippen molar-refractivity contribution in [1.82, 2.24) is 0 Å². The van der Waals surface area contributed by atoms with Crippen molar-refractivity contribution in [2.45, 2.75) is 13.8 Å². The molecule has 0 bridgehead atoms. The van der Waals surface area contributed by atoms with Crippen LogP contribution in [0.2, 0.25) is 0 Å². The molecule has 0 heterocycles. The number of carboxylic acids is 1. The summed E-state index contributed by atoms with van der Waals surface area (Å²) in [5.74, 6) is -1.02. The largest absolute Gasteiger partial charge is 0.477 e. The number of carbonyl (C=O) groups is 1. The summed E-state index contributed by atoms with van der Waals surface area (Å²) in [7, 11) is 0.